The fraction of sp³-hybridized carbons (Fsp3) is 1.00. The van der Waals surface area contributed by atoms with Crippen molar-refractivity contribution in [3.8, 4) is 0 Å². The molecular weight excluding hydrogens is 152 g/mol. The molecule has 0 aromatic heterocycles. The lowest BCUT2D eigenvalue weighted by Gasteiger charge is -2.20. The highest BCUT2D eigenvalue weighted by atomic mass is 16.5. The molecule has 1 fully saturated rings. The maximum Gasteiger partial charge on any atom is 0.0589 e. The van der Waals surface area contributed by atoms with Crippen LogP contribution in [-0.2, 0) is 4.74 Å². The molecule has 0 unspecified atom stereocenters. The molecule has 0 amide bonds. The molecular formula is C9H20N2O. The van der Waals surface area contributed by atoms with Gasteiger partial charge in [0.15, 0.2) is 0 Å². The zero-order valence-corrected chi connectivity index (χ0v) is 8.18. The average molecular weight is 172 g/mol. The topological polar surface area (TPSA) is 24.5 Å². The lowest BCUT2D eigenvalue weighted by atomic mass is 10.2. The average Bonchev–Trinajstić information content (AvgIpc) is 2.53. The monoisotopic (exact) mass is 172 g/mol. The standard InChI is InChI=1S/C9H20N2O/c1-11(6-7-12-2)8-9-4-3-5-10-9/h9-10H,3-8H2,1-2H3/t9-/m0/s1. The van der Waals surface area contributed by atoms with Crippen LogP contribution in [0.5, 0.6) is 0 Å². The summed E-state index contributed by atoms with van der Waals surface area (Å²) in [6, 6.07) is 0.715. The first-order valence-electron chi connectivity index (χ1n) is 4.74. The molecule has 3 nitrogen and oxygen atoms in total. The fourth-order valence-corrected chi connectivity index (χ4v) is 1.63. The van der Waals surface area contributed by atoms with Gasteiger partial charge in [-0.1, -0.05) is 0 Å². The number of ether oxygens (including phenoxy) is 1. The number of hydrogen-bond acceptors (Lipinski definition) is 3. The molecule has 12 heavy (non-hydrogen) atoms. The molecule has 0 saturated carbocycles. The van der Waals surface area contributed by atoms with Crippen LogP contribution in [0.2, 0.25) is 0 Å². The number of rotatable bonds is 5. The van der Waals surface area contributed by atoms with E-state index in [9.17, 15) is 0 Å². The Hall–Kier alpha value is -0.120. The van der Waals surface area contributed by atoms with Crippen LogP contribution in [-0.4, -0.2) is 51.3 Å². The Kier molecular flexibility index (Phi) is 4.58. The van der Waals surface area contributed by atoms with Crippen LogP contribution in [0.3, 0.4) is 0 Å². The van der Waals surface area contributed by atoms with Crippen molar-refractivity contribution in [2.75, 3.05) is 40.4 Å². The van der Waals surface area contributed by atoms with E-state index in [1.165, 1.54) is 19.4 Å². The number of methoxy groups -OCH3 is 1. The van der Waals surface area contributed by atoms with E-state index in [-0.39, 0.29) is 0 Å². The summed E-state index contributed by atoms with van der Waals surface area (Å²) in [5.74, 6) is 0. The first-order valence-corrected chi connectivity index (χ1v) is 4.74. The first kappa shape index (κ1) is 9.96. The van der Waals surface area contributed by atoms with Gasteiger partial charge in [-0.3, -0.25) is 0 Å². The molecule has 0 radical (unpaired) electrons. The number of nitrogens with zero attached hydrogens (tertiary/aromatic N) is 1. The van der Waals surface area contributed by atoms with Gasteiger partial charge in [0.25, 0.3) is 0 Å². The Balaban J connectivity index is 2.03. The molecule has 1 heterocycles. The summed E-state index contributed by atoms with van der Waals surface area (Å²) < 4.78 is 5.01. The van der Waals surface area contributed by atoms with Gasteiger partial charge in [-0.15, -0.1) is 0 Å². The zero-order valence-electron chi connectivity index (χ0n) is 8.18. The third-order valence-corrected chi connectivity index (χ3v) is 2.37. The maximum atomic E-state index is 5.01. The smallest absolute Gasteiger partial charge is 0.0589 e. The Morgan fingerprint density at radius 3 is 3.00 bits per heavy atom. The van der Waals surface area contributed by atoms with Crippen LogP contribution in [0.4, 0.5) is 0 Å². The van der Waals surface area contributed by atoms with Gasteiger partial charge in [-0.2, -0.15) is 0 Å². The molecule has 1 saturated heterocycles. The van der Waals surface area contributed by atoms with Crippen LogP contribution in [0.15, 0.2) is 0 Å². The largest absolute Gasteiger partial charge is 0.383 e. The third-order valence-electron chi connectivity index (χ3n) is 2.37. The van der Waals surface area contributed by atoms with Crippen molar-refractivity contribution in [3.63, 3.8) is 0 Å². The lowest BCUT2D eigenvalue weighted by Crippen LogP contribution is -2.36. The first-order chi connectivity index (χ1) is 5.83. The van der Waals surface area contributed by atoms with Gasteiger partial charge < -0.3 is 15.0 Å². The van der Waals surface area contributed by atoms with E-state index in [0.29, 0.717) is 6.04 Å². The molecule has 0 aliphatic carbocycles. The SMILES string of the molecule is COCCN(C)C[C@@H]1CCCN1. The Morgan fingerprint density at radius 2 is 2.42 bits per heavy atom. The summed E-state index contributed by atoms with van der Waals surface area (Å²) >= 11 is 0. The van der Waals surface area contributed by atoms with Crippen molar-refractivity contribution >= 4 is 0 Å². The second-order valence-corrected chi connectivity index (χ2v) is 3.55. The van der Waals surface area contributed by atoms with Gasteiger partial charge >= 0.3 is 0 Å². The zero-order chi connectivity index (χ0) is 8.81. The van der Waals surface area contributed by atoms with E-state index in [4.69, 9.17) is 4.74 Å². The van der Waals surface area contributed by atoms with Crippen molar-refractivity contribution in [1.29, 1.82) is 0 Å². The summed E-state index contributed by atoms with van der Waals surface area (Å²) in [6.45, 7) is 4.23. The second kappa shape index (κ2) is 5.51. The molecule has 1 aliphatic heterocycles. The van der Waals surface area contributed by atoms with Gasteiger partial charge in [-0.25, -0.2) is 0 Å². The van der Waals surface area contributed by atoms with E-state index < -0.39 is 0 Å². The third kappa shape index (κ3) is 3.52. The van der Waals surface area contributed by atoms with Gasteiger partial charge in [0.05, 0.1) is 6.61 Å². The van der Waals surface area contributed by atoms with Crippen LogP contribution < -0.4 is 5.32 Å². The maximum absolute atomic E-state index is 5.01. The highest BCUT2D eigenvalue weighted by Crippen LogP contribution is 2.05. The van der Waals surface area contributed by atoms with Crippen LogP contribution in [0.1, 0.15) is 12.8 Å². The second-order valence-electron chi connectivity index (χ2n) is 3.55. The Morgan fingerprint density at radius 1 is 1.58 bits per heavy atom. The summed E-state index contributed by atoms with van der Waals surface area (Å²) in [5, 5.41) is 3.48. The minimum atomic E-state index is 0.715. The minimum absolute atomic E-state index is 0.715. The molecule has 0 aromatic rings. The molecule has 1 atom stereocenters. The molecule has 1 aliphatic rings. The van der Waals surface area contributed by atoms with Gasteiger partial charge in [0.1, 0.15) is 0 Å². The van der Waals surface area contributed by atoms with Gasteiger partial charge in [0.2, 0.25) is 0 Å². The van der Waals surface area contributed by atoms with E-state index in [2.05, 4.69) is 17.3 Å². The highest BCUT2D eigenvalue weighted by molar-refractivity contribution is 4.76. The molecule has 3 heteroatoms. The van der Waals surface area contributed by atoms with E-state index >= 15 is 0 Å². The van der Waals surface area contributed by atoms with E-state index in [0.717, 1.165) is 19.7 Å². The minimum Gasteiger partial charge on any atom is -0.383 e. The molecule has 0 aromatic carbocycles. The summed E-state index contributed by atoms with van der Waals surface area (Å²) in [5.41, 5.74) is 0. The lowest BCUT2D eigenvalue weighted by molar-refractivity contribution is 0.157. The normalized spacial score (nSPS) is 23.8. The number of likely N-dealkylation sites (N-methyl/N-ethyl adjacent to an activating group) is 1. The van der Waals surface area contributed by atoms with Gasteiger partial charge in [-0.05, 0) is 26.4 Å². The van der Waals surface area contributed by atoms with Crippen LogP contribution in [0.25, 0.3) is 0 Å². The molecule has 0 bridgehead atoms. The highest BCUT2D eigenvalue weighted by Gasteiger charge is 2.15. The van der Waals surface area contributed by atoms with Crippen molar-refractivity contribution in [3.05, 3.63) is 0 Å². The Bertz CT molecular complexity index is 113. The van der Waals surface area contributed by atoms with Crippen molar-refractivity contribution in [2.45, 2.75) is 18.9 Å². The quantitative estimate of drug-likeness (QED) is 0.646. The van der Waals surface area contributed by atoms with E-state index in [1.54, 1.807) is 7.11 Å². The number of nitrogens with one attached hydrogen (secondary N) is 1. The predicted octanol–water partition coefficient (Wildman–Crippen LogP) is 0.317. The van der Waals surface area contributed by atoms with Crippen molar-refractivity contribution in [2.24, 2.45) is 0 Å². The van der Waals surface area contributed by atoms with E-state index in [1.807, 2.05) is 0 Å². The van der Waals surface area contributed by atoms with Crippen molar-refractivity contribution < 1.29 is 4.74 Å². The molecule has 72 valence electrons. The van der Waals surface area contributed by atoms with Gasteiger partial charge in [0, 0.05) is 26.2 Å². The number of hydrogen-bond donors (Lipinski definition) is 1. The molecule has 0 spiro atoms. The summed E-state index contributed by atoms with van der Waals surface area (Å²) in [7, 11) is 3.90. The van der Waals surface area contributed by atoms with Crippen LogP contribution >= 0.6 is 0 Å². The summed E-state index contributed by atoms with van der Waals surface area (Å²) in [6.07, 6.45) is 2.67. The fourth-order valence-electron chi connectivity index (χ4n) is 1.63. The summed E-state index contributed by atoms with van der Waals surface area (Å²) in [4.78, 5) is 2.33. The van der Waals surface area contributed by atoms with Crippen LogP contribution in [0, 0.1) is 0 Å². The molecule has 1 rings (SSSR count). The predicted molar refractivity (Wildman–Crippen MR) is 50.4 cm³/mol. The molecule has 1 N–H and O–H groups in total. The Labute approximate surface area is 75.1 Å². The van der Waals surface area contributed by atoms with Crippen molar-refractivity contribution in [1.82, 2.24) is 10.2 Å².